The van der Waals surface area contributed by atoms with Crippen molar-refractivity contribution in [1.29, 1.82) is 0 Å². The van der Waals surface area contributed by atoms with Gasteiger partial charge in [0.05, 0.1) is 6.26 Å². The molecule has 0 radical (unpaired) electrons. The van der Waals surface area contributed by atoms with Crippen molar-refractivity contribution in [2.75, 3.05) is 13.1 Å². The van der Waals surface area contributed by atoms with Crippen LogP contribution in [0, 0.1) is 11.8 Å². The van der Waals surface area contributed by atoms with Gasteiger partial charge in [-0.3, -0.25) is 0 Å². The maximum Gasteiger partial charge on any atom is 0.105 e. The highest BCUT2D eigenvalue weighted by molar-refractivity contribution is 5.00. The molecule has 1 fully saturated rings. The van der Waals surface area contributed by atoms with Crippen molar-refractivity contribution in [2.45, 2.75) is 45.1 Å². The lowest BCUT2D eigenvalue weighted by Crippen LogP contribution is -2.38. The van der Waals surface area contributed by atoms with E-state index in [9.17, 15) is 0 Å². The number of hydrogen-bond donors (Lipinski definition) is 2. The minimum absolute atomic E-state index is 0.469. The Kier molecular flexibility index (Phi) is 5.26. The van der Waals surface area contributed by atoms with Gasteiger partial charge in [-0.1, -0.05) is 12.8 Å². The third kappa shape index (κ3) is 3.85. The fraction of sp³-hybridized carbons (Fsp3) is 0.733. The highest BCUT2D eigenvalue weighted by atomic mass is 16.3. The molecule has 0 saturated heterocycles. The topological polar surface area (TPSA) is 51.2 Å². The van der Waals surface area contributed by atoms with Crippen LogP contribution in [0.15, 0.2) is 22.8 Å². The van der Waals surface area contributed by atoms with E-state index in [1.54, 1.807) is 6.26 Å². The van der Waals surface area contributed by atoms with Gasteiger partial charge in [-0.25, -0.2) is 0 Å². The smallest absolute Gasteiger partial charge is 0.105 e. The predicted octanol–water partition coefficient (Wildman–Crippen LogP) is 2.57. The number of nitrogens with one attached hydrogen (secondary N) is 1. The maximum absolute atomic E-state index is 5.87. The zero-order chi connectivity index (χ0) is 12.8. The molecule has 1 aliphatic carbocycles. The maximum atomic E-state index is 5.87. The van der Waals surface area contributed by atoms with Crippen molar-refractivity contribution in [2.24, 2.45) is 17.6 Å². The van der Waals surface area contributed by atoms with Crippen molar-refractivity contribution in [3.8, 4) is 0 Å². The van der Waals surface area contributed by atoms with Gasteiger partial charge in [-0.05, 0) is 56.8 Å². The number of hydrogen-bond acceptors (Lipinski definition) is 3. The molecule has 18 heavy (non-hydrogen) atoms. The molecule has 2 rings (SSSR count). The van der Waals surface area contributed by atoms with Gasteiger partial charge >= 0.3 is 0 Å². The first-order valence-electron chi connectivity index (χ1n) is 7.25. The van der Waals surface area contributed by atoms with E-state index in [-0.39, 0.29) is 0 Å². The Morgan fingerprint density at radius 2 is 2.17 bits per heavy atom. The van der Waals surface area contributed by atoms with Crippen molar-refractivity contribution in [3.05, 3.63) is 24.2 Å². The summed E-state index contributed by atoms with van der Waals surface area (Å²) in [6, 6.07) is 4.46. The van der Waals surface area contributed by atoms with Crippen LogP contribution < -0.4 is 11.1 Å². The zero-order valence-corrected chi connectivity index (χ0v) is 11.4. The molecule has 3 heteroatoms. The summed E-state index contributed by atoms with van der Waals surface area (Å²) < 4.78 is 5.38. The summed E-state index contributed by atoms with van der Waals surface area (Å²) in [5.41, 5.74) is 5.87. The molecule has 1 aromatic heterocycles. The molecule has 0 aliphatic heterocycles. The van der Waals surface area contributed by atoms with Gasteiger partial charge in [0.2, 0.25) is 0 Å². The fourth-order valence-corrected chi connectivity index (χ4v) is 3.02. The van der Waals surface area contributed by atoms with Gasteiger partial charge in [0.1, 0.15) is 5.76 Å². The third-order valence-corrected chi connectivity index (χ3v) is 4.19. The molecule has 102 valence electrons. The lowest BCUT2D eigenvalue weighted by molar-refractivity contribution is 0.229. The molecular weight excluding hydrogens is 224 g/mol. The Morgan fingerprint density at radius 1 is 1.39 bits per heavy atom. The van der Waals surface area contributed by atoms with Gasteiger partial charge in [0.25, 0.3) is 0 Å². The monoisotopic (exact) mass is 250 g/mol. The lowest BCUT2D eigenvalue weighted by Gasteiger charge is -2.31. The summed E-state index contributed by atoms with van der Waals surface area (Å²) in [5.74, 6) is 2.55. The van der Waals surface area contributed by atoms with E-state index in [0.717, 1.165) is 37.1 Å². The Morgan fingerprint density at radius 3 is 2.83 bits per heavy atom. The van der Waals surface area contributed by atoms with Gasteiger partial charge in [-0.2, -0.15) is 0 Å². The Balaban J connectivity index is 1.72. The predicted molar refractivity (Wildman–Crippen MR) is 74.4 cm³/mol. The van der Waals surface area contributed by atoms with E-state index in [4.69, 9.17) is 10.2 Å². The Hall–Kier alpha value is -0.800. The van der Waals surface area contributed by atoms with E-state index in [1.165, 1.54) is 25.7 Å². The van der Waals surface area contributed by atoms with Gasteiger partial charge in [0.15, 0.2) is 0 Å². The number of furan rings is 1. The van der Waals surface area contributed by atoms with Crippen molar-refractivity contribution in [1.82, 2.24) is 5.32 Å². The summed E-state index contributed by atoms with van der Waals surface area (Å²) in [7, 11) is 0. The van der Waals surface area contributed by atoms with E-state index in [1.807, 2.05) is 12.1 Å². The minimum Gasteiger partial charge on any atom is -0.469 e. The van der Waals surface area contributed by atoms with E-state index in [2.05, 4.69) is 12.2 Å². The second kappa shape index (κ2) is 6.95. The number of rotatable bonds is 6. The quantitative estimate of drug-likeness (QED) is 0.816. The molecule has 3 atom stereocenters. The highest BCUT2D eigenvalue weighted by Crippen LogP contribution is 2.28. The number of nitrogens with two attached hydrogens (primary N) is 1. The fourth-order valence-electron chi connectivity index (χ4n) is 3.02. The van der Waals surface area contributed by atoms with Gasteiger partial charge < -0.3 is 15.5 Å². The van der Waals surface area contributed by atoms with Gasteiger partial charge in [0, 0.05) is 12.5 Å². The average molecular weight is 250 g/mol. The van der Waals surface area contributed by atoms with Crippen LogP contribution in [0.25, 0.3) is 0 Å². The standard InChI is InChI=1S/C15H26N2O/c1-12(9-15-7-4-8-18-15)17-11-14-6-3-2-5-13(14)10-16/h4,7-8,12-14,17H,2-3,5-6,9-11,16H2,1H3. The van der Waals surface area contributed by atoms with E-state index >= 15 is 0 Å². The summed E-state index contributed by atoms with van der Waals surface area (Å²) in [6.45, 7) is 4.17. The van der Waals surface area contributed by atoms with Crippen LogP contribution in [-0.4, -0.2) is 19.1 Å². The van der Waals surface area contributed by atoms with Gasteiger partial charge in [-0.15, -0.1) is 0 Å². The van der Waals surface area contributed by atoms with Crippen LogP contribution >= 0.6 is 0 Å². The average Bonchev–Trinajstić information content (AvgIpc) is 2.89. The minimum atomic E-state index is 0.469. The second-order valence-electron chi connectivity index (χ2n) is 5.63. The third-order valence-electron chi connectivity index (χ3n) is 4.19. The largest absolute Gasteiger partial charge is 0.469 e. The summed E-state index contributed by atoms with van der Waals surface area (Å²) in [6.07, 6.45) is 8.09. The van der Waals surface area contributed by atoms with Crippen molar-refractivity contribution >= 4 is 0 Å². The highest BCUT2D eigenvalue weighted by Gasteiger charge is 2.23. The summed E-state index contributed by atoms with van der Waals surface area (Å²) >= 11 is 0. The van der Waals surface area contributed by atoms with Crippen molar-refractivity contribution in [3.63, 3.8) is 0 Å². The SMILES string of the molecule is CC(Cc1ccco1)NCC1CCCCC1CN. The second-order valence-corrected chi connectivity index (χ2v) is 5.63. The van der Waals surface area contributed by atoms with Crippen molar-refractivity contribution < 1.29 is 4.42 Å². The zero-order valence-electron chi connectivity index (χ0n) is 11.4. The molecule has 1 aliphatic rings. The van der Waals surface area contributed by atoms with E-state index < -0.39 is 0 Å². The Bertz CT molecular complexity index is 323. The first kappa shape index (κ1) is 13.6. The first-order chi connectivity index (χ1) is 8.79. The lowest BCUT2D eigenvalue weighted by atomic mass is 9.79. The summed E-state index contributed by atoms with van der Waals surface area (Å²) in [4.78, 5) is 0. The molecule has 3 nitrogen and oxygen atoms in total. The van der Waals surface area contributed by atoms with Crippen LogP contribution in [0.1, 0.15) is 38.4 Å². The molecule has 3 unspecified atom stereocenters. The van der Waals surface area contributed by atoms with Crippen LogP contribution in [0.4, 0.5) is 0 Å². The molecule has 1 saturated carbocycles. The normalized spacial score (nSPS) is 26.1. The molecule has 0 spiro atoms. The Labute approximate surface area is 110 Å². The van der Waals surface area contributed by atoms with Crippen LogP contribution in [0.3, 0.4) is 0 Å². The molecule has 3 N–H and O–H groups in total. The molecule has 1 aromatic rings. The molecule has 0 aromatic carbocycles. The molecule has 0 amide bonds. The molecule has 0 bridgehead atoms. The van der Waals surface area contributed by atoms with Crippen LogP contribution in [-0.2, 0) is 6.42 Å². The molecular formula is C15H26N2O. The van der Waals surface area contributed by atoms with E-state index in [0.29, 0.717) is 6.04 Å². The van der Waals surface area contributed by atoms with Crippen LogP contribution in [0.2, 0.25) is 0 Å². The molecule has 1 heterocycles. The first-order valence-corrected chi connectivity index (χ1v) is 7.25. The summed E-state index contributed by atoms with van der Waals surface area (Å²) in [5, 5.41) is 3.64. The van der Waals surface area contributed by atoms with Crippen LogP contribution in [0.5, 0.6) is 0 Å².